The van der Waals surface area contributed by atoms with Crippen LogP contribution < -0.4 is 4.90 Å². The van der Waals surface area contributed by atoms with Crippen molar-refractivity contribution in [2.24, 2.45) is 0 Å². The number of hydrogen-bond acceptors (Lipinski definition) is 3. The third kappa shape index (κ3) is 2.96. The van der Waals surface area contributed by atoms with Crippen molar-refractivity contribution in [2.75, 3.05) is 23.5 Å². The molecule has 0 spiro atoms. The van der Waals surface area contributed by atoms with Crippen LogP contribution in [0.15, 0.2) is 24.3 Å². The van der Waals surface area contributed by atoms with Gasteiger partial charge in [-0.1, -0.05) is 19.1 Å². The molecule has 1 heterocycles. The van der Waals surface area contributed by atoms with Crippen molar-refractivity contribution in [1.82, 2.24) is 0 Å². The van der Waals surface area contributed by atoms with E-state index in [1.807, 2.05) is 30.8 Å². The van der Waals surface area contributed by atoms with Crippen LogP contribution in [0.3, 0.4) is 0 Å². The summed E-state index contributed by atoms with van der Waals surface area (Å²) < 4.78 is 0. The molecule has 0 saturated carbocycles. The molecule has 2 nitrogen and oxygen atoms in total. The van der Waals surface area contributed by atoms with E-state index < -0.39 is 0 Å². The van der Waals surface area contributed by atoms with E-state index in [0.29, 0.717) is 6.04 Å². The van der Waals surface area contributed by atoms with Crippen molar-refractivity contribution in [1.29, 1.82) is 0 Å². The molecule has 1 aliphatic heterocycles. The Balaban J connectivity index is 2.06. The van der Waals surface area contributed by atoms with Gasteiger partial charge in [0.1, 0.15) is 0 Å². The molecule has 1 N–H and O–H groups in total. The molecule has 1 aromatic rings. The molecule has 3 heteroatoms. The van der Waals surface area contributed by atoms with Gasteiger partial charge in [0.2, 0.25) is 0 Å². The second-order valence-corrected chi connectivity index (χ2v) is 5.79. The number of nitrogens with zero attached hydrogens (tertiary/aromatic N) is 1. The van der Waals surface area contributed by atoms with Crippen LogP contribution in [-0.2, 0) is 0 Å². The lowest BCUT2D eigenvalue weighted by Crippen LogP contribution is -2.31. The standard InChI is InChI=1S/C14H21NOS/c1-3-14(16)11-4-6-12(7-5-11)15(2)13-8-9-17-10-13/h4-7,13-14,16H,3,8-10H2,1-2H3. The van der Waals surface area contributed by atoms with E-state index in [-0.39, 0.29) is 6.10 Å². The molecular formula is C14H21NOS. The number of aliphatic hydroxyl groups excluding tert-OH is 1. The predicted molar refractivity (Wildman–Crippen MR) is 75.8 cm³/mol. The molecule has 0 amide bonds. The van der Waals surface area contributed by atoms with Gasteiger partial charge in [0.15, 0.2) is 0 Å². The van der Waals surface area contributed by atoms with E-state index in [4.69, 9.17) is 0 Å². The number of thioether (sulfide) groups is 1. The molecule has 0 aliphatic carbocycles. The molecule has 1 aliphatic rings. The van der Waals surface area contributed by atoms with Gasteiger partial charge in [-0.2, -0.15) is 11.8 Å². The molecule has 1 saturated heterocycles. The average molecular weight is 251 g/mol. The molecule has 17 heavy (non-hydrogen) atoms. The Morgan fingerprint density at radius 2 is 2.12 bits per heavy atom. The Kier molecular flexibility index (Phi) is 4.35. The molecule has 1 aromatic carbocycles. The monoisotopic (exact) mass is 251 g/mol. The zero-order chi connectivity index (χ0) is 12.3. The van der Waals surface area contributed by atoms with Crippen LogP contribution in [0.2, 0.25) is 0 Å². The highest BCUT2D eigenvalue weighted by molar-refractivity contribution is 7.99. The summed E-state index contributed by atoms with van der Waals surface area (Å²) >= 11 is 2.04. The highest BCUT2D eigenvalue weighted by Crippen LogP contribution is 2.27. The molecule has 2 atom stereocenters. The Hall–Kier alpha value is -0.670. The first-order chi connectivity index (χ1) is 8.22. The summed E-state index contributed by atoms with van der Waals surface area (Å²) in [6.45, 7) is 2.00. The molecule has 0 radical (unpaired) electrons. The first-order valence-corrected chi connectivity index (χ1v) is 7.46. The van der Waals surface area contributed by atoms with Gasteiger partial charge in [-0.15, -0.1) is 0 Å². The Morgan fingerprint density at radius 1 is 1.41 bits per heavy atom. The van der Waals surface area contributed by atoms with Gasteiger partial charge >= 0.3 is 0 Å². The lowest BCUT2D eigenvalue weighted by atomic mass is 10.1. The summed E-state index contributed by atoms with van der Waals surface area (Å²) in [4.78, 5) is 2.36. The van der Waals surface area contributed by atoms with E-state index in [1.165, 1.54) is 23.6 Å². The normalized spacial score (nSPS) is 21.5. The lowest BCUT2D eigenvalue weighted by molar-refractivity contribution is 0.173. The summed E-state index contributed by atoms with van der Waals surface area (Å²) in [5.74, 6) is 2.51. The fraction of sp³-hybridized carbons (Fsp3) is 0.571. The van der Waals surface area contributed by atoms with Crippen molar-refractivity contribution in [3.8, 4) is 0 Å². The zero-order valence-corrected chi connectivity index (χ0v) is 11.4. The maximum absolute atomic E-state index is 9.75. The molecular weight excluding hydrogens is 230 g/mol. The van der Waals surface area contributed by atoms with Crippen LogP contribution in [-0.4, -0.2) is 29.7 Å². The largest absolute Gasteiger partial charge is 0.388 e. The van der Waals surface area contributed by atoms with Crippen LogP contribution in [0.5, 0.6) is 0 Å². The van der Waals surface area contributed by atoms with E-state index in [1.54, 1.807) is 0 Å². The van der Waals surface area contributed by atoms with E-state index in [0.717, 1.165) is 12.0 Å². The predicted octanol–water partition coefficient (Wildman–Crippen LogP) is 3.07. The van der Waals surface area contributed by atoms with Crippen molar-refractivity contribution in [2.45, 2.75) is 31.9 Å². The second kappa shape index (κ2) is 5.78. The zero-order valence-electron chi connectivity index (χ0n) is 10.6. The van der Waals surface area contributed by atoms with Gasteiger partial charge in [0, 0.05) is 24.5 Å². The average Bonchev–Trinajstić information content (AvgIpc) is 2.91. The van der Waals surface area contributed by atoms with Crippen LogP contribution in [0.25, 0.3) is 0 Å². The minimum atomic E-state index is -0.323. The highest BCUT2D eigenvalue weighted by Gasteiger charge is 2.20. The minimum Gasteiger partial charge on any atom is -0.388 e. The molecule has 94 valence electrons. The maximum atomic E-state index is 9.75. The summed E-state index contributed by atoms with van der Waals surface area (Å²) in [5, 5.41) is 9.75. The Morgan fingerprint density at radius 3 is 2.65 bits per heavy atom. The number of rotatable bonds is 4. The number of anilines is 1. The van der Waals surface area contributed by atoms with E-state index >= 15 is 0 Å². The van der Waals surface area contributed by atoms with Crippen LogP contribution in [0, 0.1) is 0 Å². The quantitative estimate of drug-likeness (QED) is 0.889. The smallest absolute Gasteiger partial charge is 0.0787 e. The number of hydrogen-bond donors (Lipinski definition) is 1. The third-order valence-corrected chi connectivity index (χ3v) is 4.67. The molecule has 2 rings (SSSR count). The van der Waals surface area contributed by atoms with Crippen LogP contribution in [0.1, 0.15) is 31.4 Å². The van der Waals surface area contributed by atoms with Crippen LogP contribution in [0.4, 0.5) is 5.69 Å². The van der Waals surface area contributed by atoms with Crippen LogP contribution >= 0.6 is 11.8 Å². The summed E-state index contributed by atoms with van der Waals surface area (Å²) in [7, 11) is 2.17. The van der Waals surface area contributed by atoms with Gasteiger partial charge in [0.05, 0.1) is 6.10 Å². The maximum Gasteiger partial charge on any atom is 0.0787 e. The number of benzene rings is 1. The minimum absolute atomic E-state index is 0.323. The Bertz CT molecular complexity index is 346. The fourth-order valence-electron chi connectivity index (χ4n) is 2.21. The second-order valence-electron chi connectivity index (χ2n) is 4.64. The molecule has 0 aromatic heterocycles. The third-order valence-electron chi connectivity index (χ3n) is 3.53. The summed E-state index contributed by atoms with van der Waals surface area (Å²) in [6.07, 6.45) is 1.73. The van der Waals surface area contributed by atoms with Gasteiger partial charge in [-0.3, -0.25) is 0 Å². The SMILES string of the molecule is CCC(O)c1ccc(N(C)C2CCSC2)cc1. The number of aliphatic hydroxyl groups is 1. The first kappa shape index (κ1) is 12.8. The molecule has 1 fully saturated rings. The molecule has 0 bridgehead atoms. The van der Waals surface area contributed by atoms with Crippen molar-refractivity contribution < 1.29 is 5.11 Å². The lowest BCUT2D eigenvalue weighted by Gasteiger charge is -2.26. The van der Waals surface area contributed by atoms with Crippen molar-refractivity contribution in [3.63, 3.8) is 0 Å². The van der Waals surface area contributed by atoms with E-state index in [2.05, 4.69) is 24.1 Å². The van der Waals surface area contributed by atoms with Gasteiger partial charge in [0.25, 0.3) is 0 Å². The van der Waals surface area contributed by atoms with Gasteiger partial charge < -0.3 is 10.0 Å². The topological polar surface area (TPSA) is 23.5 Å². The van der Waals surface area contributed by atoms with Crippen molar-refractivity contribution >= 4 is 17.4 Å². The molecule has 2 unspecified atom stereocenters. The van der Waals surface area contributed by atoms with Gasteiger partial charge in [-0.25, -0.2) is 0 Å². The fourth-order valence-corrected chi connectivity index (χ4v) is 3.47. The van der Waals surface area contributed by atoms with Gasteiger partial charge in [-0.05, 0) is 36.3 Å². The van der Waals surface area contributed by atoms with E-state index in [9.17, 15) is 5.11 Å². The van der Waals surface area contributed by atoms with Crippen molar-refractivity contribution in [3.05, 3.63) is 29.8 Å². The summed E-state index contributed by atoms with van der Waals surface area (Å²) in [5.41, 5.74) is 2.27. The highest BCUT2D eigenvalue weighted by atomic mass is 32.2. The summed E-state index contributed by atoms with van der Waals surface area (Å²) in [6, 6.07) is 9.00. The first-order valence-electron chi connectivity index (χ1n) is 6.31. The Labute approximate surface area is 108 Å².